The summed E-state index contributed by atoms with van der Waals surface area (Å²) in [5.41, 5.74) is 0.957. The minimum absolute atomic E-state index is 0.0138. The first kappa shape index (κ1) is 15.0. The molecule has 1 aromatic rings. The van der Waals surface area contributed by atoms with Crippen molar-refractivity contribution < 1.29 is 14.3 Å². The Bertz CT molecular complexity index is 565. The number of ether oxygens (including phenoxy) is 1. The zero-order chi connectivity index (χ0) is 15.7. The number of aromatic nitrogens is 2. The summed E-state index contributed by atoms with van der Waals surface area (Å²) in [7, 11) is 0. The standard InChI is InChI=1S/C15H22N4O3/c1-3-19-7-11(6-16-19)14-13(4-5-22-14)15(21)17-12-8-18(9-12)10(2)20/h6-7,12-14H,3-5,8-9H2,1-2H3,(H,17,21)/t13-,14+/m0/s1. The maximum absolute atomic E-state index is 12.5. The van der Waals surface area contributed by atoms with E-state index in [4.69, 9.17) is 4.74 Å². The molecule has 0 spiro atoms. The van der Waals surface area contributed by atoms with Crippen molar-refractivity contribution in [2.24, 2.45) is 5.92 Å². The second-order valence-electron chi connectivity index (χ2n) is 5.95. The summed E-state index contributed by atoms with van der Waals surface area (Å²) in [5, 5.41) is 7.28. The maximum Gasteiger partial charge on any atom is 0.226 e. The van der Waals surface area contributed by atoms with E-state index in [0.717, 1.165) is 18.5 Å². The van der Waals surface area contributed by atoms with Gasteiger partial charge in [-0.3, -0.25) is 14.3 Å². The van der Waals surface area contributed by atoms with Crippen LogP contribution in [0.5, 0.6) is 0 Å². The third-order valence-corrected chi connectivity index (χ3v) is 4.41. The van der Waals surface area contributed by atoms with Gasteiger partial charge in [-0.1, -0.05) is 0 Å². The number of carbonyl (C=O) groups is 2. The molecule has 2 atom stereocenters. The predicted molar refractivity (Wildman–Crippen MR) is 78.9 cm³/mol. The van der Waals surface area contributed by atoms with Gasteiger partial charge in [0, 0.05) is 44.9 Å². The Morgan fingerprint density at radius 2 is 2.23 bits per heavy atom. The Morgan fingerprint density at radius 1 is 1.45 bits per heavy atom. The summed E-state index contributed by atoms with van der Waals surface area (Å²) < 4.78 is 7.58. The Kier molecular flexibility index (Phi) is 4.15. The van der Waals surface area contributed by atoms with E-state index in [9.17, 15) is 9.59 Å². The molecule has 0 saturated carbocycles. The molecule has 2 amide bonds. The average Bonchev–Trinajstić information content (AvgIpc) is 3.08. The van der Waals surface area contributed by atoms with Crippen LogP contribution in [0.2, 0.25) is 0 Å². The summed E-state index contributed by atoms with van der Waals surface area (Å²) in [5.74, 6) is -0.111. The zero-order valence-corrected chi connectivity index (χ0v) is 13.0. The fourth-order valence-electron chi connectivity index (χ4n) is 3.02. The second-order valence-corrected chi connectivity index (χ2v) is 5.95. The van der Waals surface area contributed by atoms with E-state index in [1.54, 1.807) is 18.0 Å². The van der Waals surface area contributed by atoms with Crippen LogP contribution in [0, 0.1) is 5.92 Å². The van der Waals surface area contributed by atoms with Crippen molar-refractivity contribution in [2.45, 2.75) is 39.0 Å². The molecular weight excluding hydrogens is 284 g/mol. The van der Waals surface area contributed by atoms with E-state index in [0.29, 0.717) is 19.7 Å². The van der Waals surface area contributed by atoms with E-state index in [2.05, 4.69) is 10.4 Å². The summed E-state index contributed by atoms with van der Waals surface area (Å²) in [6.07, 6.45) is 4.22. The smallest absolute Gasteiger partial charge is 0.226 e. The lowest BCUT2D eigenvalue weighted by Crippen LogP contribution is -2.61. The summed E-state index contributed by atoms with van der Waals surface area (Å²) >= 11 is 0. The molecule has 3 heterocycles. The topological polar surface area (TPSA) is 76.5 Å². The normalized spacial score (nSPS) is 25.1. The third kappa shape index (κ3) is 2.85. The third-order valence-electron chi connectivity index (χ3n) is 4.41. The van der Waals surface area contributed by atoms with Crippen LogP contribution >= 0.6 is 0 Å². The molecule has 1 aromatic heterocycles. The van der Waals surface area contributed by atoms with Gasteiger partial charge in [0.05, 0.1) is 24.3 Å². The molecule has 120 valence electrons. The van der Waals surface area contributed by atoms with Crippen molar-refractivity contribution in [1.29, 1.82) is 0 Å². The maximum atomic E-state index is 12.5. The van der Waals surface area contributed by atoms with Gasteiger partial charge in [-0.15, -0.1) is 0 Å². The molecule has 2 fully saturated rings. The SMILES string of the molecule is CCn1cc([C@H]2OCC[C@@H]2C(=O)NC2CN(C(C)=O)C2)cn1. The van der Waals surface area contributed by atoms with Gasteiger partial charge in [-0.05, 0) is 13.3 Å². The molecule has 2 aliphatic heterocycles. The van der Waals surface area contributed by atoms with Crippen LogP contribution in [0.1, 0.15) is 31.9 Å². The molecule has 2 aliphatic rings. The van der Waals surface area contributed by atoms with Gasteiger partial charge < -0.3 is 15.0 Å². The number of hydrogen-bond acceptors (Lipinski definition) is 4. The van der Waals surface area contributed by atoms with Gasteiger partial charge in [-0.25, -0.2) is 0 Å². The first-order chi connectivity index (χ1) is 10.6. The van der Waals surface area contributed by atoms with Gasteiger partial charge in [0.25, 0.3) is 0 Å². The van der Waals surface area contributed by atoms with Crippen molar-refractivity contribution in [3.8, 4) is 0 Å². The molecule has 7 nitrogen and oxygen atoms in total. The van der Waals surface area contributed by atoms with Crippen molar-refractivity contribution in [1.82, 2.24) is 20.0 Å². The zero-order valence-electron chi connectivity index (χ0n) is 13.0. The van der Waals surface area contributed by atoms with Crippen LogP contribution < -0.4 is 5.32 Å². The number of rotatable bonds is 4. The number of amides is 2. The van der Waals surface area contributed by atoms with Crippen molar-refractivity contribution in [3.05, 3.63) is 18.0 Å². The quantitative estimate of drug-likeness (QED) is 0.869. The highest BCUT2D eigenvalue weighted by atomic mass is 16.5. The molecule has 7 heteroatoms. The molecule has 3 rings (SSSR count). The highest BCUT2D eigenvalue weighted by Crippen LogP contribution is 2.34. The average molecular weight is 306 g/mol. The van der Waals surface area contributed by atoms with Crippen LogP contribution in [0.25, 0.3) is 0 Å². The van der Waals surface area contributed by atoms with Crippen molar-refractivity contribution in [3.63, 3.8) is 0 Å². The minimum atomic E-state index is -0.218. The lowest BCUT2D eigenvalue weighted by molar-refractivity contribution is -0.137. The van der Waals surface area contributed by atoms with Crippen LogP contribution in [0.4, 0.5) is 0 Å². The van der Waals surface area contributed by atoms with Gasteiger partial charge in [0.2, 0.25) is 11.8 Å². The van der Waals surface area contributed by atoms with Crippen LogP contribution in [-0.2, 0) is 20.9 Å². The predicted octanol–water partition coefficient (Wildman–Crippen LogP) is 0.328. The molecule has 22 heavy (non-hydrogen) atoms. The number of likely N-dealkylation sites (tertiary alicyclic amines) is 1. The van der Waals surface area contributed by atoms with Crippen LogP contribution in [0.15, 0.2) is 12.4 Å². The van der Waals surface area contributed by atoms with Gasteiger partial charge in [0.15, 0.2) is 0 Å². The van der Waals surface area contributed by atoms with Crippen LogP contribution in [0.3, 0.4) is 0 Å². The Labute approximate surface area is 129 Å². The van der Waals surface area contributed by atoms with E-state index in [1.165, 1.54) is 0 Å². The Balaban J connectivity index is 1.58. The Morgan fingerprint density at radius 3 is 2.86 bits per heavy atom. The summed E-state index contributed by atoms with van der Waals surface area (Å²) in [4.78, 5) is 25.3. The number of nitrogens with zero attached hydrogens (tertiary/aromatic N) is 3. The largest absolute Gasteiger partial charge is 0.373 e. The van der Waals surface area contributed by atoms with Gasteiger partial charge >= 0.3 is 0 Å². The highest BCUT2D eigenvalue weighted by Gasteiger charge is 2.38. The molecule has 0 bridgehead atoms. The van der Waals surface area contributed by atoms with E-state index >= 15 is 0 Å². The molecule has 0 radical (unpaired) electrons. The molecule has 0 unspecified atom stereocenters. The summed E-state index contributed by atoms with van der Waals surface area (Å²) in [6, 6.07) is 0.0658. The second kappa shape index (κ2) is 6.08. The first-order valence-corrected chi connectivity index (χ1v) is 7.78. The lowest BCUT2D eigenvalue weighted by atomic mass is 9.95. The van der Waals surface area contributed by atoms with Gasteiger partial charge in [0.1, 0.15) is 0 Å². The minimum Gasteiger partial charge on any atom is -0.373 e. The number of carbonyl (C=O) groups excluding carboxylic acids is 2. The molecule has 2 saturated heterocycles. The molecular formula is C15H22N4O3. The molecule has 0 aromatic carbocycles. The molecule has 1 N–H and O–H groups in total. The van der Waals surface area contributed by atoms with E-state index in [-0.39, 0.29) is 29.9 Å². The van der Waals surface area contributed by atoms with Crippen molar-refractivity contribution >= 4 is 11.8 Å². The van der Waals surface area contributed by atoms with E-state index in [1.807, 2.05) is 17.8 Å². The number of aryl methyl sites for hydroxylation is 1. The molecule has 0 aliphatic carbocycles. The Hall–Kier alpha value is -1.89. The van der Waals surface area contributed by atoms with Crippen LogP contribution in [-0.4, -0.2) is 52.2 Å². The highest BCUT2D eigenvalue weighted by molar-refractivity contribution is 5.81. The fraction of sp³-hybridized carbons (Fsp3) is 0.667. The number of nitrogens with one attached hydrogen (secondary N) is 1. The van der Waals surface area contributed by atoms with Gasteiger partial charge in [-0.2, -0.15) is 5.10 Å². The lowest BCUT2D eigenvalue weighted by Gasteiger charge is -2.39. The first-order valence-electron chi connectivity index (χ1n) is 7.78. The number of hydrogen-bond donors (Lipinski definition) is 1. The monoisotopic (exact) mass is 306 g/mol. The van der Waals surface area contributed by atoms with Crippen molar-refractivity contribution in [2.75, 3.05) is 19.7 Å². The van der Waals surface area contributed by atoms with E-state index < -0.39 is 0 Å². The summed E-state index contributed by atoms with van der Waals surface area (Å²) in [6.45, 7) is 6.16. The fourth-order valence-corrected chi connectivity index (χ4v) is 3.02.